The molecule has 176 valence electrons. The molecule has 1 aliphatic heterocycles. The van der Waals surface area contributed by atoms with Gasteiger partial charge in [-0.25, -0.2) is 0 Å². The number of aryl methyl sites for hydroxylation is 2. The van der Waals surface area contributed by atoms with E-state index < -0.39 is 11.5 Å². The number of esters is 1. The topological polar surface area (TPSA) is 66.9 Å². The van der Waals surface area contributed by atoms with E-state index in [4.69, 9.17) is 16.3 Å². The maximum absolute atomic E-state index is 13.6. The number of carbonyl (C=O) groups excluding carboxylic acids is 3. The number of likely N-dealkylation sites (tertiary alicyclic amines) is 1. The molecule has 6 nitrogen and oxygen atoms in total. The quantitative estimate of drug-likeness (QED) is 0.545. The van der Waals surface area contributed by atoms with Crippen LogP contribution in [0.2, 0.25) is 5.02 Å². The zero-order valence-electron chi connectivity index (χ0n) is 19.7. The molecule has 2 aromatic carbocycles. The highest BCUT2D eigenvalue weighted by atomic mass is 35.5. The van der Waals surface area contributed by atoms with Crippen molar-refractivity contribution < 1.29 is 19.1 Å². The standard InChI is InChI=1S/C26H31ClN2O4/c1-5-33-24(31)17-28(16-20-6-8-22(27)9-7-20)25(32)26(4)10-11-29(26)23(30)15-21-13-18(2)12-19(3)14-21/h6-9,12-14H,5,10-11,15-17H2,1-4H3/t26-/m1/s1. The monoisotopic (exact) mass is 470 g/mol. The molecule has 1 heterocycles. The fourth-order valence-electron chi connectivity index (χ4n) is 4.34. The van der Waals surface area contributed by atoms with E-state index in [0.717, 1.165) is 22.3 Å². The summed E-state index contributed by atoms with van der Waals surface area (Å²) in [6, 6.07) is 13.2. The lowest BCUT2D eigenvalue weighted by Crippen LogP contribution is -2.68. The summed E-state index contributed by atoms with van der Waals surface area (Å²) in [7, 11) is 0. The largest absolute Gasteiger partial charge is 0.465 e. The average molecular weight is 471 g/mol. The van der Waals surface area contributed by atoms with Crippen molar-refractivity contribution in [1.29, 1.82) is 0 Å². The first-order valence-corrected chi connectivity index (χ1v) is 11.6. The van der Waals surface area contributed by atoms with E-state index in [-0.39, 0.29) is 37.9 Å². The molecule has 33 heavy (non-hydrogen) atoms. The minimum Gasteiger partial charge on any atom is -0.465 e. The van der Waals surface area contributed by atoms with Gasteiger partial charge in [0, 0.05) is 18.1 Å². The highest BCUT2D eigenvalue weighted by Crippen LogP contribution is 2.33. The second-order valence-corrected chi connectivity index (χ2v) is 9.27. The normalized spacial score (nSPS) is 17.3. The van der Waals surface area contributed by atoms with Crippen molar-refractivity contribution in [3.05, 3.63) is 69.7 Å². The summed E-state index contributed by atoms with van der Waals surface area (Å²) in [5.74, 6) is -0.828. The maximum Gasteiger partial charge on any atom is 0.325 e. The van der Waals surface area contributed by atoms with Gasteiger partial charge in [0.25, 0.3) is 0 Å². The lowest BCUT2D eigenvalue weighted by Gasteiger charge is -2.51. The number of rotatable bonds is 8. The van der Waals surface area contributed by atoms with E-state index in [1.165, 1.54) is 4.90 Å². The van der Waals surface area contributed by atoms with Crippen molar-refractivity contribution in [1.82, 2.24) is 9.80 Å². The molecule has 1 aliphatic rings. The summed E-state index contributed by atoms with van der Waals surface area (Å²) in [5.41, 5.74) is 2.99. The van der Waals surface area contributed by atoms with Crippen LogP contribution in [0.5, 0.6) is 0 Å². The Kier molecular flexibility index (Phi) is 7.80. The van der Waals surface area contributed by atoms with Crippen LogP contribution in [0.3, 0.4) is 0 Å². The molecule has 0 spiro atoms. The van der Waals surface area contributed by atoms with Crippen molar-refractivity contribution in [3.8, 4) is 0 Å². The van der Waals surface area contributed by atoms with E-state index in [1.54, 1.807) is 30.9 Å². The molecule has 2 amide bonds. The van der Waals surface area contributed by atoms with Gasteiger partial charge in [0.05, 0.1) is 13.0 Å². The molecule has 0 N–H and O–H groups in total. The Morgan fingerprint density at radius 3 is 2.24 bits per heavy atom. The second-order valence-electron chi connectivity index (χ2n) is 8.83. The van der Waals surface area contributed by atoms with Crippen molar-refractivity contribution in [2.24, 2.45) is 0 Å². The van der Waals surface area contributed by atoms with Gasteiger partial charge in [-0.3, -0.25) is 14.4 Å². The first-order chi connectivity index (χ1) is 15.6. The fraction of sp³-hybridized carbons (Fsp3) is 0.423. The molecular formula is C26H31ClN2O4. The molecule has 0 radical (unpaired) electrons. The zero-order chi connectivity index (χ0) is 24.2. The van der Waals surface area contributed by atoms with Gasteiger partial charge in [0.1, 0.15) is 12.1 Å². The third-order valence-electron chi connectivity index (χ3n) is 6.02. The highest BCUT2D eigenvalue weighted by molar-refractivity contribution is 6.30. The number of amides is 2. The first kappa shape index (κ1) is 24.8. The Hall–Kier alpha value is -2.86. The van der Waals surface area contributed by atoms with Gasteiger partial charge < -0.3 is 14.5 Å². The van der Waals surface area contributed by atoms with Crippen LogP contribution < -0.4 is 0 Å². The summed E-state index contributed by atoms with van der Waals surface area (Å²) in [5, 5.41) is 0.594. The lowest BCUT2D eigenvalue weighted by molar-refractivity contribution is -0.166. The van der Waals surface area contributed by atoms with Crippen molar-refractivity contribution in [2.75, 3.05) is 19.7 Å². The molecule has 0 aromatic heterocycles. The molecule has 3 rings (SSSR count). The molecule has 2 aromatic rings. The number of ether oxygens (including phenoxy) is 1. The molecule has 0 bridgehead atoms. The predicted octanol–water partition coefficient (Wildman–Crippen LogP) is 4.08. The van der Waals surface area contributed by atoms with Gasteiger partial charge in [-0.1, -0.05) is 53.1 Å². The van der Waals surface area contributed by atoms with Crippen molar-refractivity contribution in [2.45, 2.75) is 52.6 Å². The van der Waals surface area contributed by atoms with E-state index in [1.807, 2.05) is 38.1 Å². The summed E-state index contributed by atoms with van der Waals surface area (Å²) in [4.78, 5) is 42.1. The molecule has 0 unspecified atom stereocenters. The molecule has 0 saturated carbocycles. The van der Waals surface area contributed by atoms with Crippen LogP contribution in [-0.2, 0) is 32.1 Å². The van der Waals surface area contributed by atoms with Crippen LogP contribution in [0, 0.1) is 13.8 Å². The van der Waals surface area contributed by atoms with Crippen LogP contribution in [0.4, 0.5) is 0 Å². The van der Waals surface area contributed by atoms with Crippen LogP contribution in [0.25, 0.3) is 0 Å². The van der Waals surface area contributed by atoms with E-state index in [0.29, 0.717) is 18.0 Å². The first-order valence-electron chi connectivity index (χ1n) is 11.2. The Morgan fingerprint density at radius 1 is 1.06 bits per heavy atom. The number of nitrogens with zero attached hydrogens (tertiary/aromatic N) is 2. The molecule has 7 heteroatoms. The fourth-order valence-corrected chi connectivity index (χ4v) is 4.46. The Labute approximate surface area is 200 Å². The zero-order valence-corrected chi connectivity index (χ0v) is 20.4. The number of halogens is 1. The van der Waals surface area contributed by atoms with Gasteiger partial charge >= 0.3 is 5.97 Å². The van der Waals surface area contributed by atoms with Gasteiger partial charge in [-0.2, -0.15) is 0 Å². The summed E-state index contributed by atoms with van der Waals surface area (Å²) < 4.78 is 5.08. The van der Waals surface area contributed by atoms with Gasteiger partial charge in [0.15, 0.2) is 0 Å². The van der Waals surface area contributed by atoms with Crippen LogP contribution in [0.15, 0.2) is 42.5 Å². The summed E-state index contributed by atoms with van der Waals surface area (Å²) in [6.07, 6.45) is 0.783. The Balaban J connectivity index is 1.78. The third-order valence-corrected chi connectivity index (χ3v) is 6.27. The molecule has 1 saturated heterocycles. The minimum absolute atomic E-state index is 0.0929. The number of hydrogen-bond acceptors (Lipinski definition) is 4. The van der Waals surface area contributed by atoms with Crippen LogP contribution in [-0.4, -0.2) is 52.8 Å². The maximum atomic E-state index is 13.6. The molecule has 1 atom stereocenters. The Bertz CT molecular complexity index is 1020. The summed E-state index contributed by atoms with van der Waals surface area (Å²) in [6.45, 7) is 8.31. The smallest absolute Gasteiger partial charge is 0.325 e. The number of hydrogen-bond donors (Lipinski definition) is 0. The van der Waals surface area contributed by atoms with Crippen molar-refractivity contribution in [3.63, 3.8) is 0 Å². The SMILES string of the molecule is CCOC(=O)CN(Cc1ccc(Cl)cc1)C(=O)[C@@]1(C)CCN1C(=O)Cc1cc(C)cc(C)c1. The molecule has 1 fully saturated rings. The number of carbonyl (C=O) groups is 3. The molecular weight excluding hydrogens is 440 g/mol. The van der Waals surface area contributed by atoms with Gasteiger partial charge in [0.2, 0.25) is 11.8 Å². The molecule has 0 aliphatic carbocycles. The van der Waals surface area contributed by atoms with Gasteiger partial charge in [-0.05, 0) is 57.4 Å². The van der Waals surface area contributed by atoms with Crippen LogP contribution in [0.1, 0.15) is 42.5 Å². The van der Waals surface area contributed by atoms with Crippen LogP contribution >= 0.6 is 11.6 Å². The predicted molar refractivity (Wildman–Crippen MR) is 128 cm³/mol. The minimum atomic E-state index is -0.991. The number of benzene rings is 2. The van der Waals surface area contributed by atoms with E-state index in [9.17, 15) is 14.4 Å². The summed E-state index contributed by atoms with van der Waals surface area (Å²) >= 11 is 5.98. The second kappa shape index (κ2) is 10.4. The Morgan fingerprint density at radius 2 is 1.70 bits per heavy atom. The average Bonchev–Trinajstić information content (AvgIpc) is 2.72. The third kappa shape index (κ3) is 5.93. The van der Waals surface area contributed by atoms with Gasteiger partial charge in [-0.15, -0.1) is 0 Å². The van der Waals surface area contributed by atoms with E-state index in [2.05, 4.69) is 6.07 Å². The lowest BCUT2D eigenvalue weighted by atomic mass is 9.84. The van der Waals surface area contributed by atoms with E-state index >= 15 is 0 Å². The van der Waals surface area contributed by atoms with Crippen molar-refractivity contribution >= 4 is 29.4 Å². The highest BCUT2D eigenvalue weighted by Gasteiger charge is 2.51.